The van der Waals surface area contributed by atoms with E-state index in [1.807, 2.05) is 13.8 Å². The third-order valence-electron chi connectivity index (χ3n) is 3.53. The third-order valence-corrected chi connectivity index (χ3v) is 3.53. The van der Waals surface area contributed by atoms with Crippen LogP contribution in [0.25, 0.3) is 22.4 Å². The summed E-state index contributed by atoms with van der Waals surface area (Å²) in [6.07, 6.45) is 6.59. The summed E-state index contributed by atoms with van der Waals surface area (Å²) in [5.74, 6) is 0.690. The third kappa shape index (κ3) is 2.96. The van der Waals surface area contributed by atoms with Crippen molar-refractivity contribution in [2.45, 2.75) is 19.9 Å². The molecule has 0 bridgehead atoms. The van der Waals surface area contributed by atoms with Crippen molar-refractivity contribution in [2.75, 3.05) is 5.32 Å². The smallest absolute Gasteiger partial charge is 0.240 e. The van der Waals surface area contributed by atoms with Crippen LogP contribution in [0.3, 0.4) is 0 Å². The topological polar surface area (TPSA) is 122 Å². The lowest BCUT2D eigenvalue weighted by molar-refractivity contribution is -0.119. The van der Waals surface area contributed by atoms with E-state index in [-0.39, 0.29) is 5.92 Å². The maximum Gasteiger partial charge on any atom is 0.240 e. The highest BCUT2D eigenvalue weighted by Crippen LogP contribution is 2.24. The molecular formula is C15H17N7O. The number of carbonyl (C=O) groups is 1. The predicted molar refractivity (Wildman–Crippen MR) is 86.4 cm³/mol. The van der Waals surface area contributed by atoms with Gasteiger partial charge < -0.3 is 16.0 Å². The van der Waals surface area contributed by atoms with Gasteiger partial charge in [0.25, 0.3) is 0 Å². The summed E-state index contributed by atoms with van der Waals surface area (Å²) in [7, 11) is 0. The maximum absolute atomic E-state index is 11.5. The lowest BCUT2D eigenvalue weighted by Gasteiger charge is -2.19. The first-order valence-electron chi connectivity index (χ1n) is 7.22. The minimum atomic E-state index is -0.496. The molecule has 0 aliphatic carbocycles. The highest BCUT2D eigenvalue weighted by molar-refractivity contribution is 5.91. The molecule has 3 aromatic heterocycles. The van der Waals surface area contributed by atoms with Gasteiger partial charge >= 0.3 is 0 Å². The molecule has 0 spiro atoms. The molecule has 8 heteroatoms. The number of nitrogens with two attached hydrogens (primary N) is 1. The number of anilines is 1. The molecule has 4 N–H and O–H groups in total. The Hall–Kier alpha value is -3.03. The van der Waals surface area contributed by atoms with E-state index in [1.165, 1.54) is 6.33 Å². The quantitative estimate of drug-likeness (QED) is 0.653. The molecule has 3 aromatic rings. The molecular weight excluding hydrogens is 294 g/mol. The Bertz CT molecular complexity index is 842. The fourth-order valence-corrected chi connectivity index (χ4v) is 2.34. The van der Waals surface area contributed by atoms with E-state index in [9.17, 15) is 4.79 Å². The zero-order valence-corrected chi connectivity index (χ0v) is 12.8. The molecule has 0 aromatic carbocycles. The standard InChI is InChI=1S/C15H17N7O/c1-8(2)12(13(16)23)21-11-3-4-18-15(22-11)10-6-19-14-9(10)5-17-7-20-14/h3-8,12H,1-2H3,(H2,16,23)(H,17,19,20)(H,18,21,22)/t12-/m1/s1. The Morgan fingerprint density at radius 3 is 2.91 bits per heavy atom. The number of carbonyl (C=O) groups excluding carboxylic acids is 1. The van der Waals surface area contributed by atoms with Gasteiger partial charge in [0.1, 0.15) is 23.8 Å². The number of H-pyrrole nitrogens is 1. The van der Waals surface area contributed by atoms with E-state index >= 15 is 0 Å². The number of aromatic amines is 1. The van der Waals surface area contributed by atoms with Crippen molar-refractivity contribution >= 4 is 22.8 Å². The van der Waals surface area contributed by atoms with Crippen molar-refractivity contribution in [2.24, 2.45) is 11.7 Å². The number of hydrogen-bond donors (Lipinski definition) is 3. The van der Waals surface area contributed by atoms with Gasteiger partial charge in [0.05, 0.1) is 0 Å². The molecule has 0 aliphatic heterocycles. The number of primary amides is 1. The number of nitrogens with zero attached hydrogens (tertiary/aromatic N) is 4. The lowest BCUT2D eigenvalue weighted by atomic mass is 10.0. The van der Waals surface area contributed by atoms with Crippen LogP contribution in [0.2, 0.25) is 0 Å². The van der Waals surface area contributed by atoms with Crippen LogP contribution in [0.15, 0.2) is 31.0 Å². The minimum Gasteiger partial charge on any atom is -0.368 e. The molecule has 1 atom stereocenters. The van der Waals surface area contributed by atoms with Crippen LogP contribution in [0.1, 0.15) is 13.8 Å². The molecule has 0 aliphatic rings. The van der Waals surface area contributed by atoms with Crippen molar-refractivity contribution < 1.29 is 4.79 Å². The van der Waals surface area contributed by atoms with Crippen molar-refractivity contribution in [3.63, 3.8) is 0 Å². The molecule has 0 fully saturated rings. The van der Waals surface area contributed by atoms with Crippen molar-refractivity contribution in [3.8, 4) is 11.4 Å². The molecule has 8 nitrogen and oxygen atoms in total. The highest BCUT2D eigenvalue weighted by atomic mass is 16.1. The minimum absolute atomic E-state index is 0.0485. The zero-order chi connectivity index (χ0) is 16.4. The van der Waals surface area contributed by atoms with Gasteiger partial charge in [0.15, 0.2) is 5.82 Å². The first-order valence-corrected chi connectivity index (χ1v) is 7.22. The fourth-order valence-electron chi connectivity index (χ4n) is 2.34. The Morgan fingerprint density at radius 1 is 1.35 bits per heavy atom. The van der Waals surface area contributed by atoms with E-state index in [0.717, 1.165) is 10.9 Å². The second kappa shape index (κ2) is 5.99. The van der Waals surface area contributed by atoms with Crippen LogP contribution in [0, 0.1) is 5.92 Å². The number of rotatable bonds is 5. The van der Waals surface area contributed by atoms with Gasteiger partial charge in [0.2, 0.25) is 5.91 Å². The van der Waals surface area contributed by atoms with Gasteiger partial charge in [-0.25, -0.2) is 19.9 Å². The molecule has 0 unspecified atom stereocenters. The first kappa shape index (κ1) is 14.9. The zero-order valence-electron chi connectivity index (χ0n) is 12.8. The molecule has 3 rings (SSSR count). The van der Waals surface area contributed by atoms with Crippen LogP contribution in [0.4, 0.5) is 5.82 Å². The summed E-state index contributed by atoms with van der Waals surface area (Å²) in [5.41, 5.74) is 6.94. The molecule has 0 saturated heterocycles. The summed E-state index contributed by atoms with van der Waals surface area (Å²) in [6.45, 7) is 3.84. The monoisotopic (exact) mass is 311 g/mol. The Balaban J connectivity index is 1.95. The van der Waals surface area contributed by atoms with Gasteiger partial charge in [-0.05, 0) is 12.0 Å². The van der Waals surface area contributed by atoms with Gasteiger partial charge in [-0.1, -0.05) is 13.8 Å². The van der Waals surface area contributed by atoms with E-state index in [2.05, 4.69) is 30.2 Å². The van der Waals surface area contributed by atoms with E-state index in [0.29, 0.717) is 17.3 Å². The second-order valence-electron chi connectivity index (χ2n) is 5.52. The second-order valence-corrected chi connectivity index (χ2v) is 5.52. The van der Waals surface area contributed by atoms with Crippen LogP contribution < -0.4 is 11.1 Å². The summed E-state index contributed by atoms with van der Waals surface area (Å²) in [4.78, 5) is 31.5. The van der Waals surface area contributed by atoms with Crippen molar-refractivity contribution in [1.29, 1.82) is 0 Å². The summed E-state index contributed by atoms with van der Waals surface area (Å²) in [5, 5.41) is 3.89. The number of hydrogen-bond acceptors (Lipinski definition) is 6. The van der Waals surface area contributed by atoms with E-state index in [4.69, 9.17) is 5.73 Å². The van der Waals surface area contributed by atoms with E-state index < -0.39 is 11.9 Å². The summed E-state index contributed by atoms with van der Waals surface area (Å²) >= 11 is 0. The molecule has 0 saturated carbocycles. The number of nitrogens with one attached hydrogen (secondary N) is 2. The molecule has 0 radical (unpaired) electrons. The maximum atomic E-state index is 11.5. The molecule has 3 heterocycles. The number of aromatic nitrogens is 5. The van der Waals surface area contributed by atoms with Gasteiger partial charge in [-0.15, -0.1) is 0 Å². The Kier molecular flexibility index (Phi) is 3.88. The van der Waals surface area contributed by atoms with Crippen LogP contribution >= 0.6 is 0 Å². The van der Waals surface area contributed by atoms with Crippen LogP contribution in [-0.2, 0) is 4.79 Å². The average molecular weight is 311 g/mol. The highest BCUT2D eigenvalue weighted by Gasteiger charge is 2.20. The Labute approximate surface area is 132 Å². The Morgan fingerprint density at radius 2 is 2.17 bits per heavy atom. The molecule has 118 valence electrons. The SMILES string of the molecule is CC(C)[C@@H](Nc1ccnc(-c2c[nH]c3ncncc23)n1)C(N)=O. The average Bonchev–Trinajstić information content (AvgIpc) is 2.96. The number of fused-ring (bicyclic) bond motifs is 1. The van der Waals surface area contributed by atoms with E-state index in [1.54, 1.807) is 24.7 Å². The first-order chi connectivity index (χ1) is 11.1. The molecule has 23 heavy (non-hydrogen) atoms. The van der Waals surface area contributed by atoms with Crippen LogP contribution in [-0.4, -0.2) is 36.9 Å². The molecule has 1 amide bonds. The normalized spacial score (nSPS) is 12.5. The van der Waals surface area contributed by atoms with Crippen molar-refractivity contribution in [1.82, 2.24) is 24.9 Å². The van der Waals surface area contributed by atoms with Crippen LogP contribution in [0.5, 0.6) is 0 Å². The lowest BCUT2D eigenvalue weighted by Crippen LogP contribution is -2.39. The fraction of sp³-hybridized carbons (Fsp3) is 0.267. The summed E-state index contributed by atoms with van der Waals surface area (Å²) in [6, 6.07) is 1.21. The van der Waals surface area contributed by atoms with Gasteiger partial charge in [-0.3, -0.25) is 4.79 Å². The summed E-state index contributed by atoms with van der Waals surface area (Å²) < 4.78 is 0. The van der Waals surface area contributed by atoms with Gasteiger partial charge in [-0.2, -0.15) is 0 Å². The van der Waals surface area contributed by atoms with Gasteiger partial charge in [0, 0.05) is 29.5 Å². The predicted octanol–water partition coefficient (Wildman–Crippen LogP) is 1.34. The largest absolute Gasteiger partial charge is 0.368 e. The number of amides is 1. The van der Waals surface area contributed by atoms with Crippen molar-refractivity contribution in [3.05, 3.63) is 31.0 Å².